The summed E-state index contributed by atoms with van der Waals surface area (Å²) in [5.41, 5.74) is 0.810. The number of furan rings is 1. The zero-order valence-electron chi connectivity index (χ0n) is 17.6. The SMILES string of the molecule is COc1ccc(-c2nnc(SCC(=O)N(Cc3ccc(C4CC4C)o3)C3CC3)o2)cc1. The van der Waals surface area contributed by atoms with Gasteiger partial charge in [0.05, 0.1) is 19.4 Å². The second kappa shape index (κ2) is 8.42. The highest BCUT2D eigenvalue weighted by molar-refractivity contribution is 7.99. The smallest absolute Gasteiger partial charge is 0.277 e. The Morgan fingerprint density at radius 2 is 1.94 bits per heavy atom. The van der Waals surface area contributed by atoms with Crippen molar-refractivity contribution in [1.29, 1.82) is 0 Å². The van der Waals surface area contributed by atoms with E-state index in [0.29, 0.717) is 35.5 Å². The molecule has 0 saturated heterocycles. The summed E-state index contributed by atoms with van der Waals surface area (Å²) in [7, 11) is 1.62. The molecule has 0 N–H and O–H groups in total. The molecule has 1 aromatic carbocycles. The molecular weight excluding hydrogens is 414 g/mol. The van der Waals surface area contributed by atoms with E-state index < -0.39 is 0 Å². The normalized spacial score (nSPS) is 19.9. The lowest BCUT2D eigenvalue weighted by atomic mass is 10.2. The van der Waals surface area contributed by atoms with E-state index in [2.05, 4.69) is 23.2 Å². The van der Waals surface area contributed by atoms with Gasteiger partial charge in [0.25, 0.3) is 5.22 Å². The van der Waals surface area contributed by atoms with E-state index in [4.69, 9.17) is 13.6 Å². The van der Waals surface area contributed by atoms with Crippen LogP contribution in [0.3, 0.4) is 0 Å². The number of carbonyl (C=O) groups excluding carboxylic acids is 1. The van der Waals surface area contributed by atoms with Crippen molar-refractivity contribution in [3.8, 4) is 17.2 Å². The molecular formula is C23H25N3O4S. The van der Waals surface area contributed by atoms with Crippen molar-refractivity contribution in [2.24, 2.45) is 5.92 Å². The van der Waals surface area contributed by atoms with Gasteiger partial charge in [0.1, 0.15) is 17.3 Å². The van der Waals surface area contributed by atoms with Gasteiger partial charge in [-0.2, -0.15) is 0 Å². The number of rotatable bonds is 9. The zero-order chi connectivity index (χ0) is 21.4. The molecule has 0 aliphatic heterocycles. The minimum atomic E-state index is 0.0643. The molecule has 2 saturated carbocycles. The molecule has 2 aliphatic carbocycles. The van der Waals surface area contributed by atoms with E-state index in [1.165, 1.54) is 18.2 Å². The molecule has 2 aromatic heterocycles. The van der Waals surface area contributed by atoms with Crippen molar-refractivity contribution in [3.05, 3.63) is 47.9 Å². The average Bonchev–Trinajstić information content (AvgIpc) is 3.66. The Bertz CT molecular complexity index is 1060. The first kappa shape index (κ1) is 20.2. The van der Waals surface area contributed by atoms with Crippen LogP contribution in [0.5, 0.6) is 5.75 Å². The average molecular weight is 440 g/mol. The Morgan fingerprint density at radius 3 is 2.61 bits per heavy atom. The number of hydrogen-bond acceptors (Lipinski definition) is 7. The van der Waals surface area contributed by atoms with E-state index in [0.717, 1.165) is 35.7 Å². The number of benzene rings is 1. The van der Waals surface area contributed by atoms with Gasteiger partial charge in [0.15, 0.2) is 0 Å². The van der Waals surface area contributed by atoms with E-state index in [1.54, 1.807) is 7.11 Å². The Balaban J connectivity index is 1.19. The molecule has 0 spiro atoms. The first-order valence-electron chi connectivity index (χ1n) is 10.6. The molecule has 7 nitrogen and oxygen atoms in total. The van der Waals surface area contributed by atoms with Crippen molar-refractivity contribution in [3.63, 3.8) is 0 Å². The molecule has 1 amide bonds. The van der Waals surface area contributed by atoms with Crippen molar-refractivity contribution < 1.29 is 18.4 Å². The maximum absolute atomic E-state index is 12.9. The molecule has 31 heavy (non-hydrogen) atoms. The molecule has 162 valence electrons. The van der Waals surface area contributed by atoms with Gasteiger partial charge in [0.2, 0.25) is 11.8 Å². The third-order valence-corrected chi connectivity index (χ3v) is 6.66. The zero-order valence-corrected chi connectivity index (χ0v) is 18.4. The summed E-state index contributed by atoms with van der Waals surface area (Å²) in [6, 6.07) is 11.8. The highest BCUT2D eigenvalue weighted by Crippen LogP contribution is 2.47. The predicted molar refractivity (Wildman–Crippen MR) is 116 cm³/mol. The number of amides is 1. The maximum Gasteiger partial charge on any atom is 0.277 e. The highest BCUT2D eigenvalue weighted by Gasteiger charge is 2.37. The van der Waals surface area contributed by atoms with Gasteiger partial charge in [-0.05, 0) is 61.6 Å². The third kappa shape index (κ3) is 4.63. The lowest BCUT2D eigenvalue weighted by Gasteiger charge is -2.20. The summed E-state index contributed by atoms with van der Waals surface area (Å²) in [5.74, 6) is 4.67. The first-order valence-corrected chi connectivity index (χ1v) is 11.6. The lowest BCUT2D eigenvalue weighted by Crippen LogP contribution is -2.33. The van der Waals surface area contributed by atoms with Crippen LogP contribution in [-0.4, -0.2) is 39.9 Å². The minimum Gasteiger partial charge on any atom is -0.497 e. The minimum absolute atomic E-state index is 0.0643. The predicted octanol–water partition coefficient (Wildman–Crippen LogP) is 4.74. The van der Waals surface area contributed by atoms with Gasteiger partial charge in [-0.1, -0.05) is 18.7 Å². The number of aromatic nitrogens is 2. The Hall–Kier alpha value is -2.74. The molecule has 2 aliphatic rings. The second-order valence-electron chi connectivity index (χ2n) is 8.27. The van der Waals surface area contributed by atoms with Crippen LogP contribution in [0, 0.1) is 5.92 Å². The number of nitrogens with zero attached hydrogens (tertiary/aromatic N) is 3. The second-order valence-corrected chi connectivity index (χ2v) is 9.19. The van der Waals surface area contributed by atoms with Crippen LogP contribution < -0.4 is 4.74 Å². The van der Waals surface area contributed by atoms with Crippen molar-refractivity contribution in [1.82, 2.24) is 15.1 Å². The number of carbonyl (C=O) groups is 1. The Labute approximate surface area is 185 Å². The summed E-state index contributed by atoms with van der Waals surface area (Å²) < 4.78 is 16.9. The molecule has 3 aromatic rings. The van der Waals surface area contributed by atoms with Crippen LogP contribution in [0.1, 0.15) is 43.6 Å². The van der Waals surface area contributed by atoms with Gasteiger partial charge in [-0.15, -0.1) is 10.2 Å². The van der Waals surface area contributed by atoms with Gasteiger partial charge in [0, 0.05) is 17.5 Å². The Kier molecular flexibility index (Phi) is 5.48. The van der Waals surface area contributed by atoms with Crippen molar-refractivity contribution in [2.45, 2.75) is 49.9 Å². The molecule has 2 fully saturated rings. The molecule has 2 heterocycles. The van der Waals surface area contributed by atoms with Gasteiger partial charge in [-0.25, -0.2) is 0 Å². The summed E-state index contributed by atoms with van der Waals surface area (Å²) in [4.78, 5) is 14.8. The number of thioether (sulfide) groups is 1. The number of ether oxygens (including phenoxy) is 1. The molecule has 0 radical (unpaired) electrons. The molecule has 0 bridgehead atoms. The van der Waals surface area contributed by atoms with E-state index in [9.17, 15) is 4.79 Å². The highest BCUT2D eigenvalue weighted by atomic mass is 32.2. The molecule has 8 heteroatoms. The fraction of sp³-hybridized carbons (Fsp3) is 0.435. The van der Waals surface area contributed by atoms with Crippen LogP contribution in [0.15, 0.2) is 50.5 Å². The fourth-order valence-corrected chi connectivity index (χ4v) is 4.35. The van der Waals surface area contributed by atoms with Crippen LogP contribution in [0.2, 0.25) is 0 Å². The number of methoxy groups -OCH3 is 1. The summed E-state index contributed by atoms with van der Waals surface area (Å²) in [6.45, 7) is 2.76. The molecule has 2 unspecified atom stereocenters. The monoisotopic (exact) mass is 439 g/mol. The van der Waals surface area contributed by atoms with E-state index in [1.807, 2.05) is 35.2 Å². The van der Waals surface area contributed by atoms with Crippen LogP contribution >= 0.6 is 11.8 Å². The Morgan fingerprint density at radius 1 is 1.16 bits per heavy atom. The molecule has 2 atom stereocenters. The standard InChI is InChI=1S/C23H25N3O4S/c1-14-11-19(14)20-10-9-18(29-20)12-26(16-5-6-16)21(27)13-31-23-25-24-22(30-23)15-3-7-17(28-2)8-4-15/h3-4,7-10,14,16,19H,5-6,11-13H2,1-2H3. The summed E-state index contributed by atoms with van der Waals surface area (Å²) in [6.07, 6.45) is 3.29. The van der Waals surface area contributed by atoms with Crippen molar-refractivity contribution >= 4 is 17.7 Å². The van der Waals surface area contributed by atoms with Gasteiger partial charge in [-0.3, -0.25) is 4.79 Å². The number of hydrogen-bond donors (Lipinski definition) is 0. The van der Waals surface area contributed by atoms with Gasteiger partial charge < -0.3 is 18.5 Å². The van der Waals surface area contributed by atoms with E-state index >= 15 is 0 Å². The van der Waals surface area contributed by atoms with Crippen molar-refractivity contribution in [2.75, 3.05) is 12.9 Å². The van der Waals surface area contributed by atoms with Crippen LogP contribution in [0.4, 0.5) is 0 Å². The van der Waals surface area contributed by atoms with Crippen LogP contribution in [0.25, 0.3) is 11.5 Å². The summed E-state index contributed by atoms with van der Waals surface area (Å²) >= 11 is 1.27. The molecule has 5 rings (SSSR count). The van der Waals surface area contributed by atoms with Crippen LogP contribution in [-0.2, 0) is 11.3 Å². The van der Waals surface area contributed by atoms with E-state index in [-0.39, 0.29) is 11.7 Å². The lowest BCUT2D eigenvalue weighted by molar-refractivity contribution is -0.129. The summed E-state index contributed by atoms with van der Waals surface area (Å²) in [5, 5.41) is 8.55. The topological polar surface area (TPSA) is 81.6 Å². The quantitative estimate of drug-likeness (QED) is 0.445. The third-order valence-electron chi connectivity index (χ3n) is 5.85. The maximum atomic E-state index is 12.9. The fourth-order valence-electron chi connectivity index (χ4n) is 3.70. The van der Waals surface area contributed by atoms with Gasteiger partial charge >= 0.3 is 0 Å². The largest absolute Gasteiger partial charge is 0.497 e. The first-order chi connectivity index (χ1) is 15.1.